The molecule has 0 bridgehead atoms. The van der Waals surface area contributed by atoms with Crippen molar-refractivity contribution in [1.29, 1.82) is 0 Å². The lowest BCUT2D eigenvalue weighted by Gasteiger charge is -2.08. The van der Waals surface area contributed by atoms with Crippen molar-refractivity contribution >= 4 is 5.78 Å². The lowest BCUT2D eigenvalue weighted by molar-refractivity contribution is 0.0982. The van der Waals surface area contributed by atoms with Gasteiger partial charge in [-0.25, -0.2) is 0 Å². The van der Waals surface area contributed by atoms with E-state index in [0.717, 1.165) is 16.9 Å². The van der Waals surface area contributed by atoms with Gasteiger partial charge in [-0.3, -0.25) is 4.79 Å². The van der Waals surface area contributed by atoms with E-state index in [1.807, 2.05) is 54.6 Å². The maximum atomic E-state index is 12.0. The van der Waals surface area contributed by atoms with Crippen LogP contribution in [-0.2, 0) is 6.61 Å². The average molecular weight is 297 g/mol. The van der Waals surface area contributed by atoms with Crippen molar-refractivity contribution in [3.8, 4) is 5.75 Å². The maximum absolute atomic E-state index is 12.0. The lowest BCUT2D eigenvalue weighted by atomic mass is 10.1. The SMILES string of the molecule is CC(C)NCCC(=O)c1ccc(OCc2ccccc2)cc1. The number of rotatable bonds is 8. The second-order valence-corrected chi connectivity index (χ2v) is 5.58. The van der Waals surface area contributed by atoms with Gasteiger partial charge in [-0.05, 0) is 29.8 Å². The number of Topliss-reactive ketones (excluding diaryl/α,β-unsaturated/α-hetero) is 1. The molecule has 2 aromatic carbocycles. The fraction of sp³-hybridized carbons (Fsp3) is 0.316. The van der Waals surface area contributed by atoms with Crippen LogP contribution >= 0.6 is 0 Å². The molecule has 1 N–H and O–H groups in total. The molecule has 0 unspecified atom stereocenters. The van der Waals surface area contributed by atoms with E-state index in [-0.39, 0.29) is 5.78 Å². The zero-order valence-electron chi connectivity index (χ0n) is 13.2. The van der Waals surface area contributed by atoms with Crippen molar-refractivity contribution in [1.82, 2.24) is 5.32 Å². The van der Waals surface area contributed by atoms with E-state index >= 15 is 0 Å². The van der Waals surface area contributed by atoms with Gasteiger partial charge in [0.15, 0.2) is 5.78 Å². The quantitative estimate of drug-likeness (QED) is 0.752. The second kappa shape index (κ2) is 8.35. The zero-order valence-corrected chi connectivity index (χ0v) is 13.2. The van der Waals surface area contributed by atoms with Crippen LogP contribution in [0, 0.1) is 0 Å². The summed E-state index contributed by atoms with van der Waals surface area (Å²) >= 11 is 0. The van der Waals surface area contributed by atoms with Gasteiger partial charge in [0.2, 0.25) is 0 Å². The van der Waals surface area contributed by atoms with Gasteiger partial charge in [-0.2, -0.15) is 0 Å². The first-order chi connectivity index (χ1) is 10.6. The van der Waals surface area contributed by atoms with Gasteiger partial charge in [0.05, 0.1) is 0 Å². The number of ketones is 1. The third-order valence-corrected chi connectivity index (χ3v) is 3.33. The summed E-state index contributed by atoms with van der Waals surface area (Å²) < 4.78 is 5.72. The molecule has 0 aliphatic heterocycles. The largest absolute Gasteiger partial charge is 0.489 e. The highest BCUT2D eigenvalue weighted by molar-refractivity contribution is 5.96. The van der Waals surface area contributed by atoms with Crippen molar-refractivity contribution in [2.45, 2.75) is 32.9 Å². The lowest BCUT2D eigenvalue weighted by Crippen LogP contribution is -2.25. The predicted octanol–water partition coefficient (Wildman–Crippen LogP) is 3.84. The maximum Gasteiger partial charge on any atom is 0.164 e. The Labute approximate surface area is 132 Å². The van der Waals surface area contributed by atoms with Crippen LogP contribution in [0.5, 0.6) is 5.75 Å². The summed E-state index contributed by atoms with van der Waals surface area (Å²) in [4.78, 5) is 12.0. The summed E-state index contributed by atoms with van der Waals surface area (Å²) in [5, 5.41) is 3.25. The molecule has 0 aliphatic rings. The van der Waals surface area contributed by atoms with E-state index in [1.54, 1.807) is 0 Å². The Balaban J connectivity index is 1.83. The van der Waals surface area contributed by atoms with Gasteiger partial charge in [0.1, 0.15) is 12.4 Å². The Morgan fingerprint density at radius 2 is 1.73 bits per heavy atom. The number of benzene rings is 2. The molecule has 3 heteroatoms. The monoisotopic (exact) mass is 297 g/mol. The summed E-state index contributed by atoms with van der Waals surface area (Å²) in [6.07, 6.45) is 0.516. The van der Waals surface area contributed by atoms with E-state index in [1.165, 1.54) is 0 Å². The number of nitrogens with one attached hydrogen (secondary N) is 1. The number of hydrogen-bond donors (Lipinski definition) is 1. The number of carbonyl (C=O) groups is 1. The molecule has 0 aliphatic carbocycles. The number of hydrogen-bond acceptors (Lipinski definition) is 3. The van der Waals surface area contributed by atoms with Crippen LogP contribution < -0.4 is 10.1 Å². The Morgan fingerprint density at radius 1 is 1.05 bits per heavy atom. The predicted molar refractivity (Wildman–Crippen MR) is 89.3 cm³/mol. The smallest absolute Gasteiger partial charge is 0.164 e. The van der Waals surface area contributed by atoms with E-state index < -0.39 is 0 Å². The normalized spacial score (nSPS) is 10.7. The average Bonchev–Trinajstić information content (AvgIpc) is 2.54. The fourth-order valence-electron chi connectivity index (χ4n) is 2.10. The third-order valence-electron chi connectivity index (χ3n) is 3.33. The highest BCUT2D eigenvalue weighted by Crippen LogP contribution is 2.15. The van der Waals surface area contributed by atoms with Crippen LogP contribution in [0.25, 0.3) is 0 Å². The first-order valence-electron chi connectivity index (χ1n) is 7.68. The topological polar surface area (TPSA) is 38.3 Å². The Morgan fingerprint density at radius 3 is 2.36 bits per heavy atom. The molecule has 0 amide bonds. The van der Waals surface area contributed by atoms with E-state index in [2.05, 4.69) is 19.2 Å². The molecule has 0 atom stereocenters. The van der Waals surface area contributed by atoms with Gasteiger partial charge >= 0.3 is 0 Å². The standard InChI is InChI=1S/C19H23NO2/c1-15(2)20-13-12-19(21)17-8-10-18(11-9-17)22-14-16-6-4-3-5-7-16/h3-11,15,20H,12-14H2,1-2H3. The van der Waals surface area contributed by atoms with Crippen LogP contribution in [0.2, 0.25) is 0 Å². The molecule has 0 heterocycles. The Hall–Kier alpha value is -2.13. The molecule has 0 spiro atoms. The Kier molecular flexibility index (Phi) is 6.16. The van der Waals surface area contributed by atoms with Crippen molar-refractivity contribution < 1.29 is 9.53 Å². The molecule has 0 saturated carbocycles. The minimum absolute atomic E-state index is 0.155. The fourth-order valence-corrected chi connectivity index (χ4v) is 2.10. The molecule has 0 aromatic heterocycles. The summed E-state index contributed by atoms with van der Waals surface area (Å²) in [7, 11) is 0. The molecular weight excluding hydrogens is 274 g/mol. The van der Waals surface area contributed by atoms with Crippen LogP contribution in [0.1, 0.15) is 36.2 Å². The van der Waals surface area contributed by atoms with Gasteiger partial charge in [-0.15, -0.1) is 0 Å². The Bertz CT molecular complexity index is 576. The first-order valence-corrected chi connectivity index (χ1v) is 7.68. The van der Waals surface area contributed by atoms with Gasteiger partial charge in [0, 0.05) is 24.6 Å². The van der Waals surface area contributed by atoms with E-state index in [9.17, 15) is 4.79 Å². The summed E-state index contributed by atoms with van der Waals surface area (Å²) in [6.45, 7) is 5.39. The highest BCUT2D eigenvalue weighted by Gasteiger charge is 2.06. The highest BCUT2D eigenvalue weighted by atomic mass is 16.5. The summed E-state index contributed by atoms with van der Waals surface area (Å²) in [5.74, 6) is 0.934. The van der Waals surface area contributed by atoms with Gasteiger partial charge in [0.25, 0.3) is 0 Å². The van der Waals surface area contributed by atoms with Crippen molar-refractivity contribution in [3.63, 3.8) is 0 Å². The number of carbonyl (C=O) groups excluding carboxylic acids is 1. The molecule has 2 rings (SSSR count). The minimum Gasteiger partial charge on any atom is -0.489 e. The third kappa shape index (κ3) is 5.34. The molecule has 0 fully saturated rings. The minimum atomic E-state index is 0.155. The molecule has 3 nitrogen and oxygen atoms in total. The van der Waals surface area contributed by atoms with Crippen LogP contribution in [0.4, 0.5) is 0 Å². The van der Waals surface area contributed by atoms with Crippen molar-refractivity contribution in [2.24, 2.45) is 0 Å². The molecular formula is C19H23NO2. The van der Waals surface area contributed by atoms with E-state index in [4.69, 9.17) is 4.74 Å². The second-order valence-electron chi connectivity index (χ2n) is 5.58. The number of ether oxygens (including phenoxy) is 1. The van der Waals surface area contributed by atoms with Crippen LogP contribution in [-0.4, -0.2) is 18.4 Å². The van der Waals surface area contributed by atoms with Crippen LogP contribution in [0.15, 0.2) is 54.6 Å². The van der Waals surface area contributed by atoms with E-state index in [0.29, 0.717) is 25.6 Å². The van der Waals surface area contributed by atoms with Crippen molar-refractivity contribution in [3.05, 3.63) is 65.7 Å². The van der Waals surface area contributed by atoms with Gasteiger partial charge in [-0.1, -0.05) is 44.2 Å². The molecule has 0 radical (unpaired) electrons. The van der Waals surface area contributed by atoms with Crippen LogP contribution in [0.3, 0.4) is 0 Å². The molecule has 116 valence electrons. The summed E-state index contributed by atoms with van der Waals surface area (Å²) in [5.41, 5.74) is 1.86. The first kappa shape index (κ1) is 16.2. The van der Waals surface area contributed by atoms with Crippen molar-refractivity contribution in [2.75, 3.05) is 6.54 Å². The van der Waals surface area contributed by atoms with Gasteiger partial charge < -0.3 is 10.1 Å². The zero-order chi connectivity index (χ0) is 15.8. The molecule has 0 saturated heterocycles. The molecule has 2 aromatic rings. The summed E-state index contributed by atoms with van der Waals surface area (Å²) in [6, 6.07) is 17.8. The molecule has 22 heavy (non-hydrogen) atoms.